The molecule has 0 bridgehead atoms. The van der Waals surface area contributed by atoms with Crippen LogP contribution in [-0.4, -0.2) is 10.4 Å². The van der Waals surface area contributed by atoms with Crippen LogP contribution in [0, 0.1) is 13.3 Å². The number of aryl methyl sites for hydroxylation is 2. The molecule has 4 rings (SSSR count). The normalized spacial score (nSPS) is 11.3. The van der Waals surface area contributed by atoms with Gasteiger partial charge < -0.3 is 4.57 Å². The molecule has 0 N–H and O–H groups in total. The molecule has 0 saturated carbocycles. The van der Waals surface area contributed by atoms with Gasteiger partial charge in [-0.25, -0.2) is 0 Å². The molecule has 0 unspecified atom stereocenters. The molecule has 1 aromatic heterocycles. The van der Waals surface area contributed by atoms with Crippen molar-refractivity contribution in [3.8, 4) is 0 Å². The second kappa shape index (κ2) is 6.45. The third kappa shape index (κ3) is 2.53. The lowest BCUT2D eigenvalue weighted by Gasteiger charge is -2.06. The highest BCUT2D eigenvalue weighted by molar-refractivity contribution is 6.15. The van der Waals surface area contributed by atoms with Gasteiger partial charge in [-0.05, 0) is 61.7 Å². The number of benzene rings is 3. The maximum atomic E-state index is 13.0. The van der Waals surface area contributed by atoms with E-state index in [0.29, 0.717) is 0 Å². The van der Waals surface area contributed by atoms with E-state index in [1.807, 2.05) is 44.2 Å². The zero-order valence-electron chi connectivity index (χ0n) is 15.4. The Morgan fingerprint density at radius 3 is 2.35 bits per heavy atom. The summed E-state index contributed by atoms with van der Waals surface area (Å²) in [7, 11) is 0. The van der Waals surface area contributed by atoms with Crippen molar-refractivity contribution in [2.24, 2.45) is 0 Å². The van der Waals surface area contributed by atoms with E-state index in [4.69, 9.17) is 0 Å². The molecular weight excluding hydrogens is 318 g/mol. The highest BCUT2D eigenvalue weighted by Gasteiger charge is 2.15. The SMILES string of the molecule is C[CH]c1ccc2c(c1)c1cc(C(=O)c3ccccc3C)ccc1n2CC. The molecule has 0 saturated heterocycles. The lowest BCUT2D eigenvalue weighted by atomic mass is 9.97. The Labute approximate surface area is 154 Å². The maximum absolute atomic E-state index is 13.0. The van der Waals surface area contributed by atoms with Crippen molar-refractivity contribution in [3.63, 3.8) is 0 Å². The van der Waals surface area contributed by atoms with Crippen LogP contribution in [0.2, 0.25) is 0 Å². The fourth-order valence-electron chi connectivity index (χ4n) is 3.77. The molecule has 3 aromatic carbocycles. The van der Waals surface area contributed by atoms with E-state index in [-0.39, 0.29) is 5.78 Å². The number of aromatic nitrogens is 1. The second-order valence-electron chi connectivity index (χ2n) is 6.69. The summed E-state index contributed by atoms with van der Waals surface area (Å²) in [5, 5.41) is 2.35. The lowest BCUT2D eigenvalue weighted by Crippen LogP contribution is -2.03. The van der Waals surface area contributed by atoms with Crippen molar-refractivity contribution in [1.29, 1.82) is 0 Å². The van der Waals surface area contributed by atoms with Crippen LogP contribution in [0.5, 0.6) is 0 Å². The summed E-state index contributed by atoms with van der Waals surface area (Å²) in [4.78, 5) is 13.0. The Bertz CT molecular complexity index is 1130. The van der Waals surface area contributed by atoms with E-state index < -0.39 is 0 Å². The van der Waals surface area contributed by atoms with E-state index in [2.05, 4.69) is 48.2 Å². The summed E-state index contributed by atoms with van der Waals surface area (Å²) >= 11 is 0. The minimum atomic E-state index is 0.0839. The highest BCUT2D eigenvalue weighted by atomic mass is 16.1. The fourth-order valence-corrected chi connectivity index (χ4v) is 3.77. The first-order valence-corrected chi connectivity index (χ1v) is 9.09. The van der Waals surface area contributed by atoms with Gasteiger partial charge in [-0.1, -0.05) is 37.3 Å². The second-order valence-corrected chi connectivity index (χ2v) is 6.69. The predicted molar refractivity (Wildman–Crippen MR) is 109 cm³/mol. The van der Waals surface area contributed by atoms with Crippen molar-refractivity contribution in [2.45, 2.75) is 27.3 Å². The minimum absolute atomic E-state index is 0.0839. The number of carbonyl (C=O) groups is 1. The first-order valence-electron chi connectivity index (χ1n) is 9.09. The highest BCUT2D eigenvalue weighted by Crippen LogP contribution is 2.31. The Kier molecular flexibility index (Phi) is 4.12. The van der Waals surface area contributed by atoms with Gasteiger partial charge in [-0.3, -0.25) is 4.79 Å². The summed E-state index contributed by atoms with van der Waals surface area (Å²) in [6, 6.07) is 20.4. The van der Waals surface area contributed by atoms with Crippen LogP contribution in [0.3, 0.4) is 0 Å². The summed E-state index contributed by atoms with van der Waals surface area (Å²) < 4.78 is 2.31. The van der Waals surface area contributed by atoms with Crippen molar-refractivity contribution >= 4 is 27.6 Å². The van der Waals surface area contributed by atoms with Crippen LogP contribution < -0.4 is 0 Å². The Morgan fingerprint density at radius 1 is 0.962 bits per heavy atom. The molecule has 0 fully saturated rings. The average molecular weight is 340 g/mol. The van der Waals surface area contributed by atoms with Gasteiger partial charge in [-0.15, -0.1) is 0 Å². The van der Waals surface area contributed by atoms with Crippen LogP contribution >= 0.6 is 0 Å². The van der Waals surface area contributed by atoms with Crippen LogP contribution in [0.25, 0.3) is 21.8 Å². The summed E-state index contributed by atoms with van der Waals surface area (Å²) in [5.41, 5.74) is 6.12. The number of ketones is 1. The third-order valence-electron chi connectivity index (χ3n) is 5.19. The van der Waals surface area contributed by atoms with Crippen LogP contribution in [0.4, 0.5) is 0 Å². The Hall–Kier alpha value is -2.87. The molecule has 4 aromatic rings. The number of carbonyl (C=O) groups excluding carboxylic acids is 1. The fraction of sp³-hybridized carbons (Fsp3) is 0.167. The summed E-state index contributed by atoms with van der Waals surface area (Å²) in [6.45, 7) is 7.09. The average Bonchev–Trinajstić information content (AvgIpc) is 2.99. The zero-order chi connectivity index (χ0) is 18.3. The zero-order valence-corrected chi connectivity index (χ0v) is 15.4. The van der Waals surface area contributed by atoms with Crippen molar-refractivity contribution in [3.05, 3.63) is 89.3 Å². The standard InChI is InChI=1S/C24H22NO/c1-4-17-10-12-22-20(14-17)21-15-18(11-13-23(21)25(22)5-2)24(26)19-9-7-6-8-16(19)3/h4,6-15H,5H2,1-3H3. The molecule has 0 amide bonds. The third-order valence-corrected chi connectivity index (χ3v) is 5.19. The summed E-state index contributed by atoms with van der Waals surface area (Å²) in [6.07, 6.45) is 2.11. The quantitative estimate of drug-likeness (QED) is 0.422. The topological polar surface area (TPSA) is 22.0 Å². The van der Waals surface area contributed by atoms with Gasteiger partial charge in [0.2, 0.25) is 0 Å². The molecule has 0 spiro atoms. The van der Waals surface area contributed by atoms with Gasteiger partial charge in [-0.2, -0.15) is 0 Å². The number of hydrogen-bond donors (Lipinski definition) is 0. The van der Waals surface area contributed by atoms with E-state index in [1.54, 1.807) is 0 Å². The van der Waals surface area contributed by atoms with Crippen molar-refractivity contribution in [2.75, 3.05) is 0 Å². The smallest absolute Gasteiger partial charge is 0.193 e. The Balaban J connectivity index is 1.95. The Morgan fingerprint density at radius 2 is 1.65 bits per heavy atom. The minimum Gasteiger partial charge on any atom is -0.341 e. The first kappa shape index (κ1) is 16.6. The van der Waals surface area contributed by atoms with E-state index in [0.717, 1.165) is 28.6 Å². The maximum Gasteiger partial charge on any atom is 0.193 e. The van der Waals surface area contributed by atoms with Gasteiger partial charge in [0.15, 0.2) is 5.78 Å². The van der Waals surface area contributed by atoms with Crippen molar-refractivity contribution < 1.29 is 4.79 Å². The molecule has 2 heteroatoms. The molecule has 0 aliphatic heterocycles. The van der Waals surface area contributed by atoms with Gasteiger partial charge >= 0.3 is 0 Å². The van der Waals surface area contributed by atoms with Gasteiger partial charge in [0.25, 0.3) is 0 Å². The molecule has 129 valence electrons. The monoisotopic (exact) mass is 340 g/mol. The van der Waals surface area contributed by atoms with Gasteiger partial charge in [0, 0.05) is 39.5 Å². The molecule has 26 heavy (non-hydrogen) atoms. The van der Waals surface area contributed by atoms with E-state index >= 15 is 0 Å². The number of fused-ring (bicyclic) bond motifs is 3. The first-order chi connectivity index (χ1) is 12.6. The van der Waals surface area contributed by atoms with Crippen LogP contribution in [-0.2, 0) is 6.54 Å². The number of hydrogen-bond acceptors (Lipinski definition) is 1. The predicted octanol–water partition coefficient (Wildman–Crippen LogP) is 5.93. The molecule has 1 heterocycles. The summed E-state index contributed by atoms with van der Waals surface area (Å²) in [5.74, 6) is 0.0839. The molecular formula is C24H22NO. The van der Waals surface area contributed by atoms with Gasteiger partial charge in [0.05, 0.1) is 0 Å². The molecule has 0 aliphatic rings. The molecule has 0 aliphatic carbocycles. The number of rotatable bonds is 4. The largest absolute Gasteiger partial charge is 0.341 e. The van der Waals surface area contributed by atoms with E-state index in [9.17, 15) is 4.79 Å². The lowest BCUT2D eigenvalue weighted by molar-refractivity contribution is 0.103. The van der Waals surface area contributed by atoms with E-state index in [1.165, 1.54) is 22.0 Å². The van der Waals surface area contributed by atoms with Crippen molar-refractivity contribution in [1.82, 2.24) is 4.57 Å². The number of nitrogens with zero attached hydrogens (tertiary/aromatic N) is 1. The van der Waals surface area contributed by atoms with Gasteiger partial charge in [0.1, 0.15) is 0 Å². The molecule has 0 atom stereocenters. The molecule has 2 nitrogen and oxygen atoms in total. The molecule has 1 radical (unpaired) electrons. The van der Waals surface area contributed by atoms with Crippen LogP contribution in [0.1, 0.15) is 40.9 Å². The van der Waals surface area contributed by atoms with Crippen LogP contribution in [0.15, 0.2) is 60.7 Å².